The molecule has 0 spiro atoms. The first kappa shape index (κ1) is 27.0. The maximum atomic E-state index is 13.8. The first-order chi connectivity index (χ1) is 17.5. The molecule has 0 saturated heterocycles. The van der Waals surface area contributed by atoms with Crippen molar-refractivity contribution in [3.63, 3.8) is 0 Å². The molecule has 0 bridgehead atoms. The van der Waals surface area contributed by atoms with Crippen LogP contribution in [0.2, 0.25) is 0 Å². The molecule has 0 aliphatic carbocycles. The van der Waals surface area contributed by atoms with Gasteiger partial charge in [-0.1, -0.05) is 35.0 Å². The fourth-order valence-electron chi connectivity index (χ4n) is 4.00. The Bertz CT molecular complexity index is 1350. The van der Waals surface area contributed by atoms with Gasteiger partial charge in [0.05, 0.1) is 11.3 Å². The fraction of sp³-hybridized carbons (Fsp3) is 0.292. The monoisotopic (exact) mass is 596 g/mol. The third-order valence-electron chi connectivity index (χ3n) is 6.02. The van der Waals surface area contributed by atoms with Crippen molar-refractivity contribution in [3.8, 4) is 0 Å². The number of nitrogens with zero attached hydrogens (tertiary/aromatic N) is 3. The van der Waals surface area contributed by atoms with E-state index < -0.39 is 25.6 Å². The molecular formula is C24H23BrF3N5O3P+. The molecule has 4 rings (SSSR count). The molecule has 194 valence electrons. The Labute approximate surface area is 220 Å². The Kier molecular flexibility index (Phi) is 7.82. The summed E-state index contributed by atoms with van der Waals surface area (Å²) >= 11 is 3.40. The highest BCUT2D eigenvalue weighted by Crippen LogP contribution is 2.39. The molecule has 1 amide bonds. The number of carbonyl (C=O) groups excluding carboxylic acids is 1. The van der Waals surface area contributed by atoms with E-state index in [-0.39, 0.29) is 28.8 Å². The third-order valence-corrected chi connectivity index (χ3v) is 7.94. The highest BCUT2D eigenvalue weighted by atomic mass is 79.9. The summed E-state index contributed by atoms with van der Waals surface area (Å²) in [6, 6.07) is 10.1. The molecule has 0 fully saturated rings. The number of amides is 1. The summed E-state index contributed by atoms with van der Waals surface area (Å²) in [4.78, 5) is 31.4. The lowest BCUT2D eigenvalue weighted by Gasteiger charge is -2.16. The van der Waals surface area contributed by atoms with E-state index in [1.165, 1.54) is 11.0 Å². The number of hydrogen-bond acceptors (Lipinski definition) is 6. The van der Waals surface area contributed by atoms with E-state index in [4.69, 9.17) is 0 Å². The summed E-state index contributed by atoms with van der Waals surface area (Å²) < 4.78 is 53.4. The topological polar surface area (TPSA) is 107 Å². The van der Waals surface area contributed by atoms with Gasteiger partial charge in [0.1, 0.15) is 11.4 Å². The van der Waals surface area contributed by atoms with Gasteiger partial charge < -0.3 is 15.5 Å². The molecule has 1 aromatic heterocycles. The minimum Gasteiger partial charge on any atom is -0.339 e. The minimum absolute atomic E-state index is 0.0784. The summed E-state index contributed by atoms with van der Waals surface area (Å²) in [6.07, 6.45) is -3.06. The van der Waals surface area contributed by atoms with Gasteiger partial charge in [0.15, 0.2) is 5.66 Å². The van der Waals surface area contributed by atoms with E-state index in [1.54, 1.807) is 37.4 Å². The van der Waals surface area contributed by atoms with Crippen molar-refractivity contribution in [2.45, 2.75) is 38.1 Å². The van der Waals surface area contributed by atoms with E-state index >= 15 is 0 Å². The number of carbonyl (C=O) groups is 1. The molecule has 3 aromatic rings. The number of halogens is 4. The van der Waals surface area contributed by atoms with E-state index in [9.17, 15) is 27.4 Å². The van der Waals surface area contributed by atoms with Crippen LogP contribution in [0, 0.1) is 0 Å². The molecule has 2 unspecified atom stereocenters. The number of hydrogen-bond donors (Lipinski definition) is 3. The number of anilines is 4. The van der Waals surface area contributed by atoms with Crippen molar-refractivity contribution in [1.82, 2.24) is 14.9 Å². The van der Waals surface area contributed by atoms with Crippen LogP contribution in [0.3, 0.4) is 0 Å². The molecule has 37 heavy (non-hydrogen) atoms. The van der Waals surface area contributed by atoms with Gasteiger partial charge in [-0.05, 0) is 40.8 Å². The average Bonchev–Trinajstić information content (AvgIpc) is 3.15. The number of benzene rings is 2. The van der Waals surface area contributed by atoms with Gasteiger partial charge in [0, 0.05) is 41.9 Å². The predicted octanol–water partition coefficient (Wildman–Crippen LogP) is 6.39. The molecule has 13 heteroatoms. The van der Waals surface area contributed by atoms with E-state index in [0.29, 0.717) is 41.3 Å². The summed E-state index contributed by atoms with van der Waals surface area (Å²) in [5.41, 5.74) is 1.11. The SMILES string of the molecule is CCC(Cc1ccc(Nc2ncc(C(F)(F)F)c(Nc3ccc(Br)c4c3C(=O)N(C)C4)n2)cc1)[P+](=O)O. The van der Waals surface area contributed by atoms with Gasteiger partial charge in [0.25, 0.3) is 5.91 Å². The zero-order chi connectivity index (χ0) is 26.9. The average molecular weight is 597 g/mol. The van der Waals surface area contributed by atoms with Gasteiger partial charge in [-0.3, -0.25) is 4.79 Å². The zero-order valence-electron chi connectivity index (χ0n) is 19.8. The number of aromatic nitrogens is 2. The maximum absolute atomic E-state index is 13.8. The van der Waals surface area contributed by atoms with E-state index in [2.05, 4.69) is 36.5 Å². The molecule has 1 aliphatic rings. The van der Waals surface area contributed by atoms with Gasteiger partial charge in [0.2, 0.25) is 5.95 Å². The fourth-order valence-corrected chi connectivity index (χ4v) is 5.14. The summed E-state index contributed by atoms with van der Waals surface area (Å²) in [5.74, 6) is -0.882. The highest BCUT2D eigenvalue weighted by molar-refractivity contribution is 9.10. The lowest BCUT2D eigenvalue weighted by atomic mass is 10.1. The second kappa shape index (κ2) is 10.7. The van der Waals surface area contributed by atoms with Crippen LogP contribution in [0.15, 0.2) is 47.1 Å². The summed E-state index contributed by atoms with van der Waals surface area (Å²) in [6.45, 7) is 2.17. The first-order valence-corrected chi connectivity index (χ1v) is 13.3. The summed E-state index contributed by atoms with van der Waals surface area (Å²) in [5, 5.41) is 5.58. The second-order valence-electron chi connectivity index (χ2n) is 8.58. The summed E-state index contributed by atoms with van der Waals surface area (Å²) in [7, 11) is -0.678. The van der Waals surface area contributed by atoms with Crippen molar-refractivity contribution in [2.75, 3.05) is 17.7 Å². The number of fused-ring (bicyclic) bond motifs is 1. The van der Waals surface area contributed by atoms with Crippen LogP contribution in [-0.4, -0.2) is 38.4 Å². The molecule has 2 aromatic carbocycles. The molecule has 2 atom stereocenters. The van der Waals surface area contributed by atoms with Crippen LogP contribution in [0.4, 0.5) is 36.3 Å². The minimum atomic E-state index is -4.73. The van der Waals surface area contributed by atoms with Crippen LogP contribution in [-0.2, 0) is 23.7 Å². The van der Waals surface area contributed by atoms with Crippen molar-refractivity contribution in [1.29, 1.82) is 0 Å². The zero-order valence-corrected chi connectivity index (χ0v) is 22.3. The highest BCUT2D eigenvalue weighted by Gasteiger charge is 2.36. The number of alkyl halides is 3. The predicted molar refractivity (Wildman–Crippen MR) is 138 cm³/mol. The number of rotatable bonds is 8. The van der Waals surface area contributed by atoms with E-state index in [1.807, 2.05) is 6.92 Å². The Hall–Kier alpha value is -3.08. The van der Waals surface area contributed by atoms with E-state index in [0.717, 1.165) is 5.56 Å². The Morgan fingerprint density at radius 3 is 2.51 bits per heavy atom. The molecular weight excluding hydrogens is 574 g/mol. The molecule has 0 radical (unpaired) electrons. The Morgan fingerprint density at radius 1 is 1.19 bits per heavy atom. The smallest absolute Gasteiger partial charge is 0.339 e. The normalized spacial score (nSPS) is 14.4. The lowest BCUT2D eigenvalue weighted by Crippen LogP contribution is -2.18. The molecule has 0 saturated carbocycles. The van der Waals surface area contributed by atoms with Crippen molar-refractivity contribution in [2.24, 2.45) is 0 Å². The van der Waals surface area contributed by atoms with Crippen molar-refractivity contribution >= 4 is 53.0 Å². The maximum Gasteiger partial charge on any atom is 0.508 e. The number of nitrogens with one attached hydrogen (secondary N) is 2. The molecule has 2 heterocycles. The standard InChI is InChI=1S/C24H22BrF3N5O3P/c1-3-15(37(35)36)10-13-4-6-14(7-5-13)30-23-29-11-17(24(26,27)28)21(32-23)31-19-9-8-18(25)16-12-33(2)22(34)20(16)19/h4-9,11,15H,3,10,12H2,1-2H3,(H2-,29,30,31,32,34,35,36)/p+1. The Balaban J connectivity index is 1.62. The van der Waals surface area contributed by atoms with Crippen molar-refractivity contribution in [3.05, 3.63) is 69.3 Å². The molecule has 3 N–H and O–H groups in total. The van der Waals surface area contributed by atoms with Crippen LogP contribution in [0.1, 0.15) is 40.4 Å². The van der Waals surface area contributed by atoms with Crippen LogP contribution in [0.5, 0.6) is 0 Å². The third kappa shape index (κ3) is 5.92. The van der Waals surface area contributed by atoms with Crippen molar-refractivity contribution < 1.29 is 27.4 Å². The second-order valence-corrected chi connectivity index (χ2v) is 10.8. The molecule has 1 aliphatic heterocycles. The van der Waals surface area contributed by atoms with Crippen LogP contribution < -0.4 is 10.6 Å². The lowest BCUT2D eigenvalue weighted by molar-refractivity contribution is -0.137. The quantitative estimate of drug-likeness (QED) is 0.259. The Morgan fingerprint density at radius 2 is 1.89 bits per heavy atom. The van der Waals surface area contributed by atoms with Crippen LogP contribution >= 0.6 is 24.0 Å². The van der Waals surface area contributed by atoms with Gasteiger partial charge in [-0.2, -0.15) is 23.0 Å². The van der Waals surface area contributed by atoms with Gasteiger partial charge in [-0.15, -0.1) is 0 Å². The van der Waals surface area contributed by atoms with Gasteiger partial charge >= 0.3 is 14.2 Å². The van der Waals surface area contributed by atoms with Crippen LogP contribution in [0.25, 0.3) is 0 Å². The van der Waals surface area contributed by atoms with Gasteiger partial charge in [-0.25, -0.2) is 4.98 Å². The largest absolute Gasteiger partial charge is 0.508 e. The molecule has 8 nitrogen and oxygen atoms in total. The first-order valence-electron chi connectivity index (χ1n) is 11.3.